The third-order valence-corrected chi connectivity index (χ3v) is 4.09. The van der Waals surface area contributed by atoms with Gasteiger partial charge in [0.05, 0.1) is 6.42 Å². The molecule has 0 aromatic heterocycles. The number of aliphatic carboxylic acids is 1. The van der Waals surface area contributed by atoms with Crippen molar-refractivity contribution < 1.29 is 14.7 Å². The number of urea groups is 1. The van der Waals surface area contributed by atoms with Crippen LogP contribution in [0.2, 0.25) is 0 Å². The normalized spacial score (nSPS) is 19.0. The number of piperidine rings is 1. The van der Waals surface area contributed by atoms with E-state index in [0.29, 0.717) is 12.6 Å². The maximum absolute atomic E-state index is 11.9. The summed E-state index contributed by atoms with van der Waals surface area (Å²) in [6.07, 6.45) is 3.70. The molecule has 1 fully saturated rings. The lowest BCUT2D eigenvalue weighted by Gasteiger charge is -2.32. The molecule has 0 aromatic carbocycles. The Balaban J connectivity index is 2.32. The predicted octanol–water partition coefficient (Wildman–Crippen LogP) is 1.66. The number of amides is 2. The van der Waals surface area contributed by atoms with E-state index in [1.165, 1.54) is 19.3 Å². The van der Waals surface area contributed by atoms with Crippen LogP contribution in [-0.4, -0.2) is 53.7 Å². The van der Waals surface area contributed by atoms with Crippen LogP contribution in [-0.2, 0) is 4.79 Å². The van der Waals surface area contributed by atoms with Crippen molar-refractivity contribution in [3.05, 3.63) is 0 Å². The summed E-state index contributed by atoms with van der Waals surface area (Å²) in [6, 6.07) is -0.306. The maximum Gasteiger partial charge on any atom is 0.315 e. The first kappa shape index (κ1) is 17.8. The van der Waals surface area contributed by atoms with E-state index in [0.717, 1.165) is 13.1 Å². The van der Waals surface area contributed by atoms with Crippen molar-refractivity contribution in [3.63, 3.8) is 0 Å². The number of likely N-dealkylation sites (tertiary alicyclic amines) is 1. The Labute approximate surface area is 127 Å². The van der Waals surface area contributed by atoms with Crippen molar-refractivity contribution in [1.82, 2.24) is 15.5 Å². The summed E-state index contributed by atoms with van der Waals surface area (Å²) < 4.78 is 0. The molecule has 2 amide bonds. The van der Waals surface area contributed by atoms with Crippen molar-refractivity contribution in [2.75, 3.05) is 19.6 Å². The van der Waals surface area contributed by atoms with E-state index in [4.69, 9.17) is 5.11 Å². The molecule has 1 aliphatic heterocycles. The van der Waals surface area contributed by atoms with Gasteiger partial charge >= 0.3 is 12.0 Å². The zero-order chi connectivity index (χ0) is 15.8. The summed E-state index contributed by atoms with van der Waals surface area (Å²) in [4.78, 5) is 25.1. The minimum Gasteiger partial charge on any atom is -0.481 e. The predicted molar refractivity (Wildman–Crippen MR) is 82.3 cm³/mol. The molecule has 3 N–H and O–H groups in total. The molecular weight excluding hydrogens is 270 g/mol. The zero-order valence-corrected chi connectivity index (χ0v) is 13.4. The van der Waals surface area contributed by atoms with Crippen LogP contribution < -0.4 is 10.6 Å². The smallest absolute Gasteiger partial charge is 0.315 e. The van der Waals surface area contributed by atoms with Gasteiger partial charge in [-0.25, -0.2) is 4.79 Å². The summed E-state index contributed by atoms with van der Waals surface area (Å²) in [5.41, 5.74) is 0. The van der Waals surface area contributed by atoms with Crippen molar-refractivity contribution in [2.45, 2.75) is 58.5 Å². The molecule has 0 aromatic rings. The lowest BCUT2D eigenvalue weighted by Crippen LogP contribution is -2.50. The molecule has 1 aliphatic rings. The monoisotopic (exact) mass is 299 g/mol. The van der Waals surface area contributed by atoms with Crippen molar-refractivity contribution in [2.24, 2.45) is 5.92 Å². The number of hydrogen-bond donors (Lipinski definition) is 3. The maximum atomic E-state index is 11.9. The van der Waals surface area contributed by atoms with Crippen molar-refractivity contribution in [1.29, 1.82) is 0 Å². The lowest BCUT2D eigenvalue weighted by molar-refractivity contribution is -0.137. The van der Waals surface area contributed by atoms with Gasteiger partial charge in [-0.1, -0.05) is 20.3 Å². The van der Waals surface area contributed by atoms with Gasteiger partial charge in [-0.15, -0.1) is 0 Å². The summed E-state index contributed by atoms with van der Waals surface area (Å²) in [7, 11) is 0. The Morgan fingerprint density at radius 2 is 1.76 bits per heavy atom. The average Bonchev–Trinajstić information content (AvgIpc) is 2.44. The standard InChI is InChI=1S/C15H29N3O3/c1-11(2)13(9-14(19)20)17-15(21)16-10-12(3)18-7-5-4-6-8-18/h11-13H,4-10H2,1-3H3,(H,19,20)(H2,16,17,21). The third-order valence-electron chi connectivity index (χ3n) is 4.09. The van der Waals surface area contributed by atoms with Gasteiger partial charge in [0.1, 0.15) is 0 Å². The van der Waals surface area contributed by atoms with Gasteiger partial charge in [0.15, 0.2) is 0 Å². The number of hydrogen-bond acceptors (Lipinski definition) is 3. The lowest BCUT2D eigenvalue weighted by atomic mass is 10.0. The highest BCUT2D eigenvalue weighted by atomic mass is 16.4. The largest absolute Gasteiger partial charge is 0.481 e. The quantitative estimate of drug-likeness (QED) is 0.668. The van der Waals surface area contributed by atoms with Gasteiger partial charge in [0.25, 0.3) is 0 Å². The number of nitrogens with zero attached hydrogens (tertiary/aromatic N) is 1. The first-order chi connectivity index (χ1) is 9.90. The summed E-state index contributed by atoms with van der Waals surface area (Å²) >= 11 is 0. The topological polar surface area (TPSA) is 81.7 Å². The van der Waals surface area contributed by atoms with E-state index < -0.39 is 5.97 Å². The first-order valence-electron chi connectivity index (χ1n) is 7.90. The summed E-state index contributed by atoms with van der Waals surface area (Å²) in [6.45, 7) is 8.71. The second-order valence-electron chi connectivity index (χ2n) is 6.25. The highest BCUT2D eigenvalue weighted by Crippen LogP contribution is 2.11. The minimum atomic E-state index is -0.893. The highest BCUT2D eigenvalue weighted by molar-refractivity contribution is 5.75. The average molecular weight is 299 g/mol. The van der Waals surface area contributed by atoms with E-state index in [1.807, 2.05) is 13.8 Å². The molecule has 6 heteroatoms. The third kappa shape index (κ3) is 6.80. The van der Waals surface area contributed by atoms with Crippen molar-refractivity contribution >= 4 is 12.0 Å². The van der Waals surface area contributed by atoms with Crippen LogP contribution in [0, 0.1) is 5.92 Å². The number of nitrogens with one attached hydrogen (secondary N) is 2. The van der Waals surface area contributed by atoms with Gasteiger partial charge in [0, 0.05) is 18.6 Å². The van der Waals surface area contributed by atoms with E-state index in [2.05, 4.69) is 22.5 Å². The molecule has 0 spiro atoms. The molecule has 6 nitrogen and oxygen atoms in total. The Hall–Kier alpha value is -1.30. The number of carbonyl (C=O) groups is 2. The fourth-order valence-electron chi connectivity index (χ4n) is 2.59. The summed E-state index contributed by atoms with van der Waals surface area (Å²) in [5, 5.41) is 14.5. The van der Waals surface area contributed by atoms with Gasteiger partial charge in [-0.2, -0.15) is 0 Å². The minimum absolute atomic E-state index is 0.0488. The van der Waals surface area contributed by atoms with Crippen LogP contribution in [0.4, 0.5) is 4.79 Å². The molecular formula is C15H29N3O3. The Morgan fingerprint density at radius 1 is 1.14 bits per heavy atom. The number of carbonyl (C=O) groups excluding carboxylic acids is 1. The molecule has 2 unspecified atom stereocenters. The molecule has 1 rings (SSSR count). The fraction of sp³-hybridized carbons (Fsp3) is 0.867. The van der Waals surface area contributed by atoms with Crippen LogP contribution in [0.15, 0.2) is 0 Å². The Morgan fingerprint density at radius 3 is 2.29 bits per heavy atom. The van der Waals surface area contributed by atoms with Gasteiger partial charge in [-0.05, 0) is 38.8 Å². The van der Waals surface area contributed by atoms with Crippen LogP contribution in [0.25, 0.3) is 0 Å². The SMILES string of the molecule is CC(C)C(CC(=O)O)NC(=O)NCC(C)N1CCCCC1. The number of carboxylic acids is 1. The highest BCUT2D eigenvalue weighted by Gasteiger charge is 2.21. The van der Waals surface area contributed by atoms with Crippen LogP contribution in [0.1, 0.15) is 46.5 Å². The second kappa shape index (κ2) is 8.87. The molecule has 0 saturated carbocycles. The summed E-state index contributed by atoms with van der Waals surface area (Å²) in [5.74, 6) is -0.804. The van der Waals surface area contributed by atoms with Crippen LogP contribution >= 0.6 is 0 Å². The van der Waals surface area contributed by atoms with Crippen LogP contribution in [0.5, 0.6) is 0 Å². The van der Waals surface area contributed by atoms with E-state index in [-0.39, 0.29) is 24.4 Å². The zero-order valence-electron chi connectivity index (χ0n) is 13.4. The first-order valence-corrected chi connectivity index (χ1v) is 7.90. The molecule has 2 atom stereocenters. The molecule has 1 saturated heterocycles. The van der Waals surface area contributed by atoms with Gasteiger partial charge in [-0.3, -0.25) is 9.69 Å². The molecule has 0 bridgehead atoms. The van der Waals surface area contributed by atoms with Gasteiger partial charge < -0.3 is 15.7 Å². The number of carboxylic acid groups (broad SMARTS) is 1. The fourth-order valence-corrected chi connectivity index (χ4v) is 2.59. The molecule has 122 valence electrons. The van der Waals surface area contributed by atoms with Crippen molar-refractivity contribution in [3.8, 4) is 0 Å². The molecule has 21 heavy (non-hydrogen) atoms. The Kier molecular flexibility index (Phi) is 7.50. The molecule has 0 radical (unpaired) electrons. The van der Waals surface area contributed by atoms with E-state index in [1.54, 1.807) is 0 Å². The molecule has 1 heterocycles. The number of rotatable bonds is 7. The van der Waals surface area contributed by atoms with E-state index in [9.17, 15) is 9.59 Å². The molecule has 0 aliphatic carbocycles. The second-order valence-corrected chi connectivity index (χ2v) is 6.25. The Bertz CT molecular complexity index is 341. The van der Waals surface area contributed by atoms with E-state index >= 15 is 0 Å². The van der Waals surface area contributed by atoms with Gasteiger partial charge in [0.2, 0.25) is 0 Å². The van der Waals surface area contributed by atoms with Crippen LogP contribution in [0.3, 0.4) is 0 Å².